The number of nitrogens with one attached hydrogen (secondary N) is 1. The maximum atomic E-state index is 13.2. The standard InChI is InChI=1S/C22H17BrN2O3/c23-20-13(6-5-11-24-20)12-18(22(27)28)25-21(26)19-16-9-3-1-7-14(16)15-8-2-4-10-17(15)19/h1-11,18-19H,12H2,(H,25,26)(H,27,28)/t18-/m1/s1. The smallest absolute Gasteiger partial charge is 0.326 e. The summed E-state index contributed by atoms with van der Waals surface area (Å²) >= 11 is 3.33. The van der Waals surface area contributed by atoms with Gasteiger partial charge in [-0.15, -0.1) is 0 Å². The van der Waals surface area contributed by atoms with Gasteiger partial charge < -0.3 is 10.4 Å². The summed E-state index contributed by atoms with van der Waals surface area (Å²) in [6, 6.07) is 18.0. The summed E-state index contributed by atoms with van der Waals surface area (Å²) < 4.78 is 0.576. The van der Waals surface area contributed by atoms with Crippen LogP contribution in [0.15, 0.2) is 71.5 Å². The Hall–Kier alpha value is -2.99. The molecule has 0 saturated carbocycles. The molecule has 0 saturated heterocycles. The predicted octanol–water partition coefficient (Wildman–Crippen LogP) is 3.77. The van der Waals surface area contributed by atoms with Gasteiger partial charge in [-0.25, -0.2) is 9.78 Å². The van der Waals surface area contributed by atoms with Crippen LogP contribution in [-0.4, -0.2) is 28.0 Å². The van der Waals surface area contributed by atoms with Crippen LogP contribution in [0, 0.1) is 0 Å². The van der Waals surface area contributed by atoms with Gasteiger partial charge in [0.1, 0.15) is 10.6 Å². The molecule has 0 aliphatic heterocycles. The van der Waals surface area contributed by atoms with E-state index in [9.17, 15) is 14.7 Å². The summed E-state index contributed by atoms with van der Waals surface area (Å²) in [5.41, 5.74) is 4.54. The van der Waals surface area contributed by atoms with Crippen LogP contribution in [-0.2, 0) is 16.0 Å². The summed E-state index contributed by atoms with van der Waals surface area (Å²) in [4.78, 5) is 29.1. The molecule has 1 aromatic heterocycles. The van der Waals surface area contributed by atoms with E-state index in [-0.39, 0.29) is 12.3 Å². The van der Waals surface area contributed by atoms with Crippen molar-refractivity contribution in [1.29, 1.82) is 0 Å². The molecule has 2 aromatic carbocycles. The Balaban J connectivity index is 1.63. The molecule has 1 aliphatic carbocycles. The van der Waals surface area contributed by atoms with Crippen LogP contribution in [0.3, 0.4) is 0 Å². The van der Waals surface area contributed by atoms with Gasteiger partial charge in [0.25, 0.3) is 0 Å². The molecule has 2 N–H and O–H groups in total. The van der Waals surface area contributed by atoms with E-state index in [0.29, 0.717) is 4.60 Å². The van der Waals surface area contributed by atoms with Gasteiger partial charge in [-0.05, 0) is 49.8 Å². The third-order valence-electron chi connectivity index (χ3n) is 4.97. The van der Waals surface area contributed by atoms with Crippen LogP contribution in [0.5, 0.6) is 0 Å². The minimum atomic E-state index is -1.08. The molecule has 0 fully saturated rings. The Morgan fingerprint density at radius 3 is 2.18 bits per heavy atom. The molecule has 140 valence electrons. The number of halogens is 1. The van der Waals surface area contributed by atoms with Gasteiger partial charge in [0.05, 0.1) is 5.92 Å². The fourth-order valence-corrected chi connectivity index (χ4v) is 4.10. The zero-order valence-electron chi connectivity index (χ0n) is 14.8. The lowest BCUT2D eigenvalue weighted by Gasteiger charge is -2.19. The second-order valence-corrected chi connectivity index (χ2v) is 7.42. The van der Waals surface area contributed by atoms with Crippen molar-refractivity contribution in [2.45, 2.75) is 18.4 Å². The van der Waals surface area contributed by atoms with E-state index in [1.807, 2.05) is 48.5 Å². The van der Waals surface area contributed by atoms with Gasteiger partial charge >= 0.3 is 5.97 Å². The molecule has 4 rings (SSSR count). The number of carbonyl (C=O) groups excluding carboxylic acids is 1. The molecule has 0 spiro atoms. The highest BCUT2D eigenvalue weighted by molar-refractivity contribution is 9.10. The SMILES string of the molecule is O=C(N[C@H](Cc1cccnc1Br)C(=O)O)C1c2ccccc2-c2ccccc21. The molecular formula is C22H17BrN2O3. The van der Waals surface area contributed by atoms with Crippen LogP contribution in [0.4, 0.5) is 0 Å². The first kappa shape index (κ1) is 18.4. The zero-order chi connectivity index (χ0) is 19.7. The van der Waals surface area contributed by atoms with Gasteiger partial charge in [0.2, 0.25) is 5.91 Å². The third-order valence-corrected chi connectivity index (χ3v) is 5.68. The molecule has 5 nitrogen and oxygen atoms in total. The van der Waals surface area contributed by atoms with Gasteiger partial charge in [-0.3, -0.25) is 4.79 Å². The fraction of sp³-hybridized carbons (Fsp3) is 0.136. The van der Waals surface area contributed by atoms with E-state index in [0.717, 1.165) is 27.8 Å². The van der Waals surface area contributed by atoms with E-state index in [1.54, 1.807) is 18.3 Å². The molecule has 6 heteroatoms. The number of amides is 1. The Labute approximate surface area is 170 Å². The first-order chi connectivity index (χ1) is 13.6. The fourth-order valence-electron chi connectivity index (χ4n) is 3.68. The molecule has 1 amide bonds. The number of nitrogens with zero attached hydrogens (tertiary/aromatic N) is 1. The van der Waals surface area contributed by atoms with Crippen molar-refractivity contribution in [1.82, 2.24) is 10.3 Å². The number of carbonyl (C=O) groups is 2. The van der Waals surface area contributed by atoms with Crippen molar-refractivity contribution in [2.24, 2.45) is 0 Å². The molecular weight excluding hydrogens is 420 g/mol. The number of fused-ring (bicyclic) bond motifs is 3. The van der Waals surface area contributed by atoms with E-state index < -0.39 is 17.9 Å². The molecule has 0 bridgehead atoms. The molecule has 0 unspecified atom stereocenters. The number of pyridine rings is 1. The highest BCUT2D eigenvalue weighted by Crippen LogP contribution is 2.44. The molecule has 1 heterocycles. The Bertz CT molecular complexity index is 1020. The first-order valence-corrected chi connectivity index (χ1v) is 9.66. The second-order valence-electron chi connectivity index (χ2n) is 6.66. The number of hydrogen-bond donors (Lipinski definition) is 2. The molecule has 1 aliphatic rings. The number of aromatic nitrogens is 1. The Morgan fingerprint density at radius 2 is 1.61 bits per heavy atom. The summed E-state index contributed by atoms with van der Waals surface area (Å²) in [7, 11) is 0. The molecule has 1 atom stereocenters. The van der Waals surface area contributed by atoms with Crippen LogP contribution < -0.4 is 5.32 Å². The summed E-state index contributed by atoms with van der Waals surface area (Å²) in [6.07, 6.45) is 1.76. The highest BCUT2D eigenvalue weighted by atomic mass is 79.9. The maximum Gasteiger partial charge on any atom is 0.326 e. The zero-order valence-corrected chi connectivity index (χ0v) is 16.4. The van der Waals surface area contributed by atoms with Crippen molar-refractivity contribution >= 4 is 27.8 Å². The average Bonchev–Trinajstić information content (AvgIpc) is 3.03. The average molecular weight is 437 g/mol. The summed E-state index contributed by atoms with van der Waals surface area (Å²) in [6.45, 7) is 0. The van der Waals surface area contributed by atoms with Crippen molar-refractivity contribution in [3.05, 3.63) is 88.2 Å². The van der Waals surface area contributed by atoms with E-state index >= 15 is 0 Å². The minimum absolute atomic E-state index is 0.144. The number of hydrogen-bond acceptors (Lipinski definition) is 3. The lowest BCUT2D eigenvalue weighted by atomic mass is 9.95. The van der Waals surface area contributed by atoms with Crippen molar-refractivity contribution < 1.29 is 14.7 Å². The second kappa shape index (κ2) is 7.56. The molecule has 0 radical (unpaired) electrons. The number of rotatable bonds is 5. The maximum absolute atomic E-state index is 13.2. The van der Waals surface area contributed by atoms with Crippen LogP contribution in [0.25, 0.3) is 11.1 Å². The highest BCUT2D eigenvalue weighted by Gasteiger charge is 2.35. The largest absolute Gasteiger partial charge is 0.480 e. The van der Waals surface area contributed by atoms with Gasteiger partial charge in [-0.2, -0.15) is 0 Å². The monoisotopic (exact) mass is 436 g/mol. The van der Waals surface area contributed by atoms with Gasteiger partial charge in [0, 0.05) is 12.6 Å². The summed E-state index contributed by atoms with van der Waals surface area (Å²) in [5, 5.41) is 12.4. The number of carboxylic acid groups (broad SMARTS) is 1. The molecule has 28 heavy (non-hydrogen) atoms. The van der Waals surface area contributed by atoms with E-state index in [1.165, 1.54) is 0 Å². The van der Waals surface area contributed by atoms with Crippen LogP contribution in [0.2, 0.25) is 0 Å². The van der Waals surface area contributed by atoms with E-state index in [2.05, 4.69) is 26.2 Å². The Kier molecular flexibility index (Phi) is 4.96. The lowest BCUT2D eigenvalue weighted by molar-refractivity contribution is -0.141. The normalized spacial score (nSPS) is 13.5. The van der Waals surface area contributed by atoms with E-state index in [4.69, 9.17) is 0 Å². The lowest BCUT2D eigenvalue weighted by Crippen LogP contribution is -2.44. The number of benzene rings is 2. The van der Waals surface area contributed by atoms with Gasteiger partial charge in [-0.1, -0.05) is 54.6 Å². The third kappa shape index (κ3) is 3.31. The van der Waals surface area contributed by atoms with Crippen LogP contribution >= 0.6 is 15.9 Å². The van der Waals surface area contributed by atoms with Crippen molar-refractivity contribution in [3.63, 3.8) is 0 Å². The molecule has 3 aromatic rings. The Morgan fingerprint density at radius 1 is 1.00 bits per heavy atom. The quantitative estimate of drug-likeness (QED) is 0.596. The topological polar surface area (TPSA) is 79.3 Å². The predicted molar refractivity (Wildman–Crippen MR) is 109 cm³/mol. The first-order valence-electron chi connectivity index (χ1n) is 8.87. The summed E-state index contributed by atoms with van der Waals surface area (Å²) in [5.74, 6) is -1.92. The minimum Gasteiger partial charge on any atom is -0.480 e. The van der Waals surface area contributed by atoms with Crippen molar-refractivity contribution in [3.8, 4) is 11.1 Å². The van der Waals surface area contributed by atoms with Crippen LogP contribution in [0.1, 0.15) is 22.6 Å². The number of aliphatic carboxylic acids is 1. The van der Waals surface area contributed by atoms with Gasteiger partial charge in [0.15, 0.2) is 0 Å². The number of carboxylic acids is 1. The van der Waals surface area contributed by atoms with Crippen molar-refractivity contribution in [2.75, 3.05) is 0 Å².